The number of ketones is 1. The van der Waals surface area contributed by atoms with Crippen LogP contribution in [0, 0.1) is 5.92 Å². The molecule has 0 saturated carbocycles. The van der Waals surface area contributed by atoms with Gasteiger partial charge in [-0.15, -0.1) is 0 Å². The van der Waals surface area contributed by atoms with Gasteiger partial charge in [0, 0.05) is 37.6 Å². The van der Waals surface area contributed by atoms with E-state index < -0.39 is 0 Å². The van der Waals surface area contributed by atoms with Crippen LogP contribution in [0.15, 0.2) is 18.2 Å². The fourth-order valence-corrected chi connectivity index (χ4v) is 3.12. The van der Waals surface area contributed by atoms with Gasteiger partial charge in [0.25, 0.3) is 0 Å². The molecule has 3 heteroatoms. The van der Waals surface area contributed by atoms with Gasteiger partial charge in [-0.1, -0.05) is 0 Å². The summed E-state index contributed by atoms with van der Waals surface area (Å²) in [5.74, 6) is 0.915. The van der Waals surface area contributed by atoms with Gasteiger partial charge < -0.3 is 9.64 Å². The lowest BCUT2D eigenvalue weighted by Crippen LogP contribution is -2.31. The molecule has 0 atom stereocenters. The number of carbonyl (C=O) groups excluding carboxylic acids is 1. The highest BCUT2D eigenvalue weighted by Crippen LogP contribution is 2.31. The third kappa shape index (κ3) is 2.66. The topological polar surface area (TPSA) is 29.5 Å². The Morgan fingerprint density at radius 3 is 2.89 bits per heavy atom. The highest BCUT2D eigenvalue weighted by atomic mass is 16.5. The first kappa shape index (κ1) is 12.7. The zero-order valence-electron chi connectivity index (χ0n) is 11.5. The van der Waals surface area contributed by atoms with Crippen molar-refractivity contribution in [2.45, 2.75) is 26.2 Å². The van der Waals surface area contributed by atoms with E-state index in [0.717, 1.165) is 44.2 Å². The highest BCUT2D eigenvalue weighted by molar-refractivity contribution is 5.94. The van der Waals surface area contributed by atoms with Crippen molar-refractivity contribution in [3.8, 4) is 0 Å². The first-order valence-electron chi connectivity index (χ1n) is 7.20. The number of rotatable bonds is 3. The summed E-state index contributed by atoms with van der Waals surface area (Å²) in [5.41, 5.74) is 3.50. The Balaban J connectivity index is 1.72. The minimum atomic E-state index is 0.158. The third-order valence-corrected chi connectivity index (χ3v) is 4.30. The van der Waals surface area contributed by atoms with Gasteiger partial charge in [0.05, 0.1) is 0 Å². The second kappa shape index (κ2) is 5.33. The van der Waals surface area contributed by atoms with Crippen LogP contribution in [0.1, 0.15) is 35.7 Å². The minimum Gasteiger partial charge on any atom is -0.381 e. The summed E-state index contributed by atoms with van der Waals surface area (Å²) in [6, 6.07) is 6.16. The first-order valence-corrected chi connectivity index (χ1v) is 7.20. The van der Waals surface area contributed by atoms with E-state index in [-0.39, 0.29) is 5.78 Å². The van der Waals surface area contributed by atoms with E-state index >= 15 is 0 Å². The smallest absolute Gasteiger partial charge is 0.159 e. The number of nitrogens with zero attached hydrogens (tertiary/aromatic N) is 1. The van der Waals surface area contributed by atoms with Crippen LogP contribution in [0.5, 0.6) is 0 Å². The maximum atomic E-state index is 11.4. The molecule has 1 fully saturated rings. The van der Waals surface area contributed by atoms with E-state index in [0.29, 0.717) is 0 Å². The molecule has 0 aliphatic carbocycles. The second-order valence-electron chi connectivity index (χ2n) is 5.65. The maximum Gasteiger partial charge on any atom is 0.159 e. The van der Waals surface area contributed by atoms with Gasteiger partial charge in [-0.05, 0) is 55.9 Å². The van der Waals surface area contributed by atoms with Crippen molar-refractivity contribution in [2.75, 3.05) is 31.2 Å². The first-order chi connectivity index (χ1) is 9.24. The summed E-state index contributed by atoms with van der Waals surface area (Å²) in [4.78, 5) is 13.9. The molecule has 1 saturated heterocycles. The van der Waals surface area contributed by atoms with Crippen molar-refractivity contribution >= 4 is 11.5 Å². The number of fused-ring (bicyclic) bond motifs is 1. The van der Waals surface area contributed by atoms with E-state index in [9.17, 15) is 4.79 Å². The van der Waals surface area contributed by atoms with Crippen LogP contribution < -0.4 is 4.90 Å². The SMILES string of the molecule is CC(=O)c1ccc2c(c1)CCN2CC1CCOCC1. The minimum absolute atomic E-state index is 0.158. The number of hydrogen-bond acceptors (Lipinski definition) is 3. The van der Waals surface area contributed by atoms with Crippen molar-refractivity contribution in [3.05, 3.63) is 29.3 Å². The molecule has 0 unspecified atom stereocenters. The van der Waals surface area contributed by atoms with E-state index in [1.54, 1.807) is 6.92 Å². The Labute approximate surface area is 114 Å². The number of carbonyl (C=O) groups is 1. The van der Waals surface area contributed by atoms with Crippen LogP contribution in [0.4, 0.5) is 5.69 Å². The Bertz CT molecular complexity index is 478. The van der Waals surface area contributed by atoms with Gasteiger partial charge in [0.15, 0.2) is 5.78 Å². The summed E-state index contributed by atoms with van der Waals surface area (Å²) in [5, 5.41) is 0. The Hall–Kier alpha value is -1.35. The van der Waals surface area contributed by atoms with Crippen LogP contribution in [0.2, 0.25) is 0 Å². The molecule has 0 aromatic heterocycles. The third-order valence-electron chi connectivity index (χ3n) is 4.30. The fourth-order valence-electron chi connectivity index (χ4n) is 3.12. The molecule has 2 heterocycles. The summed E-state index contributed by atoms with van der Waals surface area (Å²) < 4.78 is 5.42. The van der Waals surface area contributed by atoms with Crippen molar-refractivity contribution in [1.29, 1.82) is 0 Å². The van der Waals surface area contributed by atoms with Crippen LogP contribution in [-0.4, -0.2) is 32.1 Å². The maximum absolute atomic E-state index is 11.4. The van der Waals surface area contributed by atoms with Gasteiger partial charge in [0.1, 0.15) is 0 Å². The number of ether oxygens (including phenoxy) is 1. The van der Waals surface area contributed by atoms with E-state index in [1.165, 1.54) is 24.1 Å². The molecule has 3 nitrogen and oxygen atoms in total. The Kier molecular flexibility index (Phi) is 3.56. The predicted octanol–water partition coefficient (Wildman–Crippen LogP) is 2.68. The van der Waals surface area contributed by atoms with Crippen LogP contribution in [0.25, 0.3) is 0 Å². The van der Waals surface area contributed by atoms with Gasteiger partial charge in [-0.25, -0.2) is 0 Å². The molecule has 2 aliphatic rings. The van der Waals surface area contributed by atoms with Crippen molar-refractivity contribution in [3.63, 3.8) is 0 Å². The van der Waals surface area contributed by atoms with Gasteiger partial charge >= 0.3 is 0 Å². The molecule has 2 aliphatic heterocycles. The number of Topliss-reactive ketones (excluding diaryl/α,β-unsaturated/α-hetero) is 1. The quantitative estimate of drug-likeness (QED) is 0.782. The Morgan fingerprint density at radius 2 is 2.16 bits per heavy atom. The molecule has 0 amide bonds. The van der Waals surface area contributed by atoms with Gasteiger partial charge in [-0.2, -0.15) is 0 Å². The zero-order chi connectivity index (χ0) is 13.2. The molecule has 19 heavy (non-hydrogen) atoms. The number of anilines is 1. The lowest BCUT2D eigenvalue weighted by Gasteiger charge is -2.28. The van der Waals surface area contributed by atoms with E-state index in [2.05, 4.69) is 17.0 Å². The monoisotopic (exact) mass is 259 g/mol. The normalized spacial score (nSPS) is 19.5. The average molecular weight is 259 g/mol. The summed E-state index contributed by atoms with van der Waals surface area (Å²) in [6.07, 6.45) is 3.42. The molecule has 1 aromatic carbocycles. The Morgan fingerprint density at radius 1 is 1.37 bits per heavy atom. The van der Waals surface area contributed by atoms with Gasteiger partial charge in [-0.3, -0.25) is 4.79 Å². The second-order valence-corrected chi connectivity index (χ2v) is 5.65. The molecule has 0 spiro atoms. The predicted molar refractivity (Wildman–Crippen MR) is 75.9 cm³/mol. The fraction of sp³-hybridized carbons (Fsp3) is 0.562. The van der Waals surface area contributed by atoms with Crippen LogP contribution in [-0.2, 0) is 11.2 Å². The highest BCUT2D eigenvalue weighted by Gasteiger charge is 2.23. The molecule has 3 rings (SSSR count). The summed E-state index contributed by atoms with van der Waals surface area (Å²) in [6.45, 7) is 5.68. The lowest BCUT2D eigenvalue weighted by atomic mass is 9.99. The van der Waals surface area contributed by atoms with E-state index in [4.69, 9.17) is 4.74 Å². The van der Waals surface area contributed by atoms with Crippen molar-refractivity contribution in [1.82, 2.24) is 0 Å². The molecule has 0 bridgehead atoms. The zero-order valence-corrected chi connectivity index (χ0v) is 11.5. The number of benzene rings is 1. The largest absolute Gasteiger partial charge is 0.381 e. The molecule has 1 aromatic rings. The summed E-state index contributed by atoms with van der Waals surface area (Å²) >= 11 is 0. The molecular weight excluding hydrogens is 238 g/mol. The molecule has 102 valence electrons. The molecular formula is C16H21NO2. The average Bonchev–Trinajstić information content (AvgIpc) is 2.82. The van der Waals surface area contributed by atoms with Crippen molar-refractivity contribution in [2.24, 2.45) is 5.92 Å². The van der Waals surface area contributed by atoms with Crippen molar-refractivity contribution < 1.29 is 9.53 Å². The lowest BCUT2D eigenvalue weighted by molar-refractivity contribution is 0.0683. The van der Waals surface area contributed by atoms with Crippen LogP contribution in [0.3, 0.4) is 0 Å². The van der Waals surface area contributed by atoms with Gasteiger partial charge in [0.2, 0.25) is 0 Å². The number of hydrogen-bond donors (Lipinski definition) is 0. The summed E-state index contributed by atoms with van der Waals surface area (Å²) in [7, 11) is 0. The van der Waals surface area contributed by atoms with E-state index in [1.807, 2.05) is 6.07 Å². The molecule has 0 N–H and O–H groups in total. The molecule has 0 radical (unpaired) electrons. The van der Waals surface area contributed by atoms with Crippen LogP contribution >= 0.6 is 0 Å². The standard InChI is InChI=1S/C16H21NO2/c1-12(18)14-2-3-16-15(10-14)4-7-17(16)11-13-5-8-19-9-6-13/h2-3,10,13H,4-9,11H2,1H3.